The van der Waals surface area contributed by atoms with Crippen molar-refractivity contribution in [1.29, 1.82) is 0 Å². The molecule has 1 aromatic carbocycles. The van der Waals surface area contributed by atoms with Crippen molar-refractivity contribution >= 4 is 12.0 Å². The van der Waals surface area contributed by atoms with Gasteiger partial charge >= 0.3 is 0 Å². The Morgan fingerprint density at radius 2 is 2.00 bits per heavy atom. The van der Waals surface area contributed by atoms with Crippen LogP contribution in [0.5, 0.6) is 5.75 Å². The van der Waals surface area contributed by atoms with E-state index in [1.165, 1.54) is 5.56 Å². The van der Waals surface area contributed by atoms with Gasteiger partial charge in [-0.15, -0.1) is 0 Å². The van der Waals surface area contributed by atoms with Gasteiger partial charge in [0.2, 0.25) is 0 Å². The third kappa shape index (κ3) is 3.93. The van der Waals surface area contributed by atoms with Crippen molar-refractivity contribution in [3.8, 4) is 5.75 Å². The minimum absolute atomic E-state index is 0.700. The Morgan fingerprint density at radius 1 is 1.25 bits per heavy atom. The van der Waals surface area contributed by atoms with E-state index in [0.717, 1.165) is 18.1 Å². The molecular formula is C15H20N4O. The molecule has 0 atom stereocenters. The van der Waals surface area contributed by atoms with Crippen LogP contribution in [0.1, 0.15) is 5.56 Å². The Hall–Kier alpha value is -2.14. The van der Waals surface area contributed by atoms with Gasteiger partial charge in [0.1, 0.15) is 11.6 Å². The normalized spacial score (nSPS) is 11.4. The van der Waals surface area contributed by atoms with Crippen LogP contribution in [0.4, 0.5) is 5.82 Å². The number of methoxy groups -OCH3 is 1. The average Bonchev–Trinajstić information content (AvgIpc) is 2.87. The summed E-state index contributed by atoms with van der Waals surface area (Å²) in [7, 11) is 5.70. The number of ether oxygens (including phenoxy) is 1. The molecule has 0 aliphatic rings. The average molecular weight is 272 g/mol. The zero-order valence-corrected chi connectivity index (χ0v) is 12.2. The van der Waals surface area contributed by atoms with Gasteiger partial charge in [-0.2, -0.15) is 5.10 Å². The lowest BCUT2D eigenvalue weighted by Gasteiger charge is -2.06. The predicted octanol–water partition coefficient (Wildman–Crippen LogP) is 2.20. The van der Waals surface area contributed by atoms with Crippen LogP contribution in [0.2, 0.25) is 0 Å². The molecule has 0 saturated heterocycles. The van der Waals surface area contributed by atoms with Gasteiger partial charge in [-0.1, -0.05) is 12.1 Å². The van der Waals surface area contributed by atoms with Gasteiger partial charge in [-0.25, -0.2) is 9.67 Å². The second-order valence-corrected chi connectivity index (χ2v) is 4.77. The second-order valence-electron chi connectivity index (χ2n) is 4.77. The van der Waals surface area contributed by atoms with Crippen molar-refractivity contribution in [3.05, 3.63) is 42.1 Å². The summed E-state index contributed by atoms with van der Waals surface area (Å²) in [5.41, 5.74) is 1.17. The number of hydrogen-bond acceptors (Lipinski definition) is 4. The van der Waals surface area contributed by atoms with Gasteiger partial charge < -0.3 is 9.64 Å². The molecule has 1 heterocycles. The van der Waals surface area contributed by atoms with Crippen LogP contribution in [0.3, 0.4) is 0 Å². The lowest BCUT2D eigenvalue weighted by atomic mass is 10.2. The summed E-state index contributed by atoms with van der Waals surface area (Å²) in [5.74, 6) is 1.72. The van der Waals surface area contributed by atoms with Gasteiger partial charge in [-0.3, -0.25) is 0 Å². The van der Waals surface area contributed by atoms with Gasteiger partial charge in [-0.05, 0) is 31.8 Å². The van der Waals surface area contributed by atoms with Crippen molar-refractivity contribution in [1.82, 2.24) is 14.7 Å². The predicted molar refractivity (Wildman–Crippen MR) is 81.0 cm³/mol. The van der Waals surface area contributed by atoms with Crippen LogP contribution in [0.15, 0.2) is 41.5 Å². The van der Waals surface area contributed by atoms with Gasteiger partial charge in [0.25, 0.3) is 0 Å². The molecule has 0 spiro atoms. The van der Waals surface area contributed by atoms with Crippen molar-refractivity contribution in [3.63, 3.8) is 0 Å². The molecule has 0 aliphatic heterocycles. The van der Waals surface area contributed by atoms with Crippen molar-refractivity contribution in [2.24, 2.45) is 4.99 Å². The van der Waals surface area contributed by atoms with E-state index in [1.807, 2.05) is 55.3 Å². The summed E-state index contributed by atoms with van der Waals surface area (Å²) >= 11 is 0. The van der Waals surface area contributed by atoms with E-state index >= 15 is 0 Å². The highest BCUT2D eigenvalue weighted by molar-refractivity contribution is 5.63. The van der Waals surface area contributed by atoms with E-state index in [1.54, 1.807) is 13.3 Å². The third-order valence-corrected chi connectivity index (χ3v) is 2.86. The summed E-state index contributed by atoms with van der Waals surface area (Å²) in [6.45, 7) is 1.51. The first-order chi connectivity index (χ1) is 9.69. The Bertz CT molecular complexity index is 558. The first kappa shape index (κ1) is 14.3. The molecule has 0 unspecified atom stereocenters. The van der Waals surface area contributed by atoms with E-state index in [0.29, 0.717) is 6.54 Å². The van der Waals surface area contributed by atoms with Crippen LogP contribution in [0, 0.1) is 0 Å². The molecule has 0 fully saturated rings. The quantitative estimate of drug-likeness (QED) is 0.757. The minimum atomic E-state index is 0.700. The van der Waals surface area contributed by atoms with Crippen molar-refractivity contribution in [2.45, 2.75) is 6.54 Å². The monoisotopic (exact) mass is 272 g/mol. The number of aromatic nitrogens is 2. The van der Waals surface area contributed by atoms with Crippen LogP contribution < -0.4 is 4.74 Å². The van der Waals surface area contributed by atoms with E-state index in [2.05, 4.69) is 15.0 Å². The standard InChI is InChI=1S/C15H20N4O/c1-18(2)11-10-16-15-8-9-17-19(15)12-13-4-6-14(20-3)7-5-13/h4-10H,11-12H2,1-3H3. The topological polar surface area (TPSA) is 42.6 Å². The number of aliphatic imine (C=N–C) groups is 1. The maximum atomic E-state index is 5.15. The molecule has 1 aromatic heterocycles. The van der Waals surface area contributed by atoms with Crippen LogP contribution in [-0.4, -0.2) is 48.6 Å². The number of nitrogens with zero attached hydrogens (tertiary/aromatic N) is 4. The molecule has 0 saturated carbocycles. The van der Waals surface area contributed by atoms with Crippen molar-refractivity contribution in [2.75, 3.05) is 27.7 Å². The molecule has 2 rings (SSSR count). The summed E-state index contributed by atoms with van der Waals surface area (Å²) < 4.78 is 7.04. The summed E-state index contributed by atoms with van der Waals surface area (Å²) in [6.07, 6.45) is 3.66. The summed E-state index contributed by atoms with van der Waals surface area (Å²) in [5, 5.41) is 4.31. The highest BCUT2D eigenvalue weighted by atomic mass is 16.5. The SMILES string of the molecule is COc1ccc(Cn2nccc2N=CCN(C)C)cc1. The third-order valence-electron chi connectivity index (χ3n) is 2.86. The van der Waals surface area contributed by atoms with E-state index < -0.39 is 0 Å². The largest absolute Gasteiger partial charge is 0.497 e. The first-order valence-corrected chi connectivity index (χ1v) is 6.51. The molecule has 0 aliphatic carbocycles. The molecule has 5 nitrogen and oxygen atoms in total. The van der Waals surface area contributed by atoms with Gasteiger partial charge in [0.05, 0.1) is 19.9 Å². The van der Waals surface area contributed by atoms with Crippen molar-refractivity contribution < 1.29 is 4.74 Å². The van der Waals surface area contributed by atoms with Gasteiger partial charge in [0.15, 0.2) is 0 Å². The van der Waals surface area contributed by atoms with Crippen LogP contribution >= 0.6 is 0 Å². The Morgan fingerprint density at radius 3 is 2.65 bits per heavy atom. The maximum Gasteiger partial charge on any atom is 0.150 e. The number of benzene rings is 1. The molecule has 0 N–H and O–H groups in total. The Labute approximate surface area is 119 Å². The lowest BCUT2D eigenvalue weighted by Crippen LogP contribution is -2.13. The molecule has 106 valence electrons. The zero-order chi connectivity index (χ0) is 14.4. The fourth-order valence-corrected chi connectivity index (χ4v) is 1.76. The van der Waals surface area contributed by atoms with Crippen LogP contribution in [0.25, 0.3) is 0 Å². The summed E-state index contributed by atoms with van der Waals surface area (Å²) in [6, 6.07) is 9.89. The summed E-state index contributed by atoms with van der Waals surface area (Å²) in [4.78, 5) is 6.51. The fraction of sp³-hybridized carbons (Fsp3) is 0.333. The second kappa shape index (κ2) is 6.86. The van der Waals surface area contributed by atoms with E-state index in [4.69, 9.17) is 4.74 Å². The maximum absolute atomic E-state index is 5.15. The zero-order valence-electron chi connectivity index (χ0n) is 12.2. The molecule has 2 aromatic rings. The molecule has 20 heavy (non-hydrogen) atoms. The Kier molecular flexibility index (Phi) is 4.90. The fourth-order valence-electron chi connectivity index (χ4n) is 1.76. The molecule has 0 amide bonds. The van der Waals surface area contributed by atoms with Gasteiger partial charge in [0, 0.05) is 18.8 Å². The lowest BCUT2D eigenvalue weighted by molar-refractivity contribution is 0.414. The van der Waals surface area contributed by atoms with E-state index in [-0.39, 0.29) is 0 Å². The number of hydrogen-bond donors (Lipinski definition) is 0. The molecule has 0 bridgehead atoms. The van der Waals surface area contributed by atoms with Crippen LogP contribution in [-0.2, 0) is 6.54 Å². The molecule has 0 radical (unpaired) electrons. The molecular weight excluding hydrogens is 252 g/mol. The highest BCUT2D eigenvalue weighted by Gasteiger charge is 2.02. The smallest absolute Gasteiger partial charge is 0.150 e. The first-order valence-electron chi connectivity index (χ1n) is 6.51. The molecule has 5 heteroatoms. The Balaban J connectivity index is 2.05. The van der Waals surface area contributed by atoms with E-state index in [9.17, 15) is 0 Å². The minimum Gasteiger partial charge on any atom is -0.497 e. The number of rotatable bonds is 6. The highest BCUT2D eigenvalue weighted by Crippen LogP contribution is 2.15.